The second-order valence-electron chi connectivity index (χ2n) is 4.72. The summed E-state index contributed by atoms with van der Waals surface area (Å²) in [7, 11) is 1.73. The van der Waals surface area contributed by atoms with Crippen molar-refractivity contribution in [2.24, 2.45) is 0 Å². The Labute approximate surface area is 98.0 Å². The van der Waals surface area contributed by atoms with Gasteiger partial charge in [-0.2, -0.15) is 0 Å². The molecule has 1 fully saturated rings. The van der Waals surface area contributed by atoms with Gasteiger partial charge in [-0.1, -0.05) is 31.9 Å². The largest absolute Gasteiger partial charge is 0.497 e. The second-order valence-corrected chi connectivity index (χ2v) is 4.72. The number of unbranched alkanes of at least 4 members (excludes halogenated alkanes) is 1. The monoisotopic (exact) mass is 219 g/mol. The van der Waals surface area contributed by atoms with Gasteiger partial charge in [-0.05, 0) is 24.1 Å². The summed E-state index contributed by atoms with van der Waals surface area (Å²) < 4.78 is 5.30. The quantitative estimate of drug-likeness (QED) is 0.822. The fourth-order valence-electron chi connectivity index (χ4n) is 2.42. The van der Waals surface area contributed by atoms with Gasteiger partial charge in [-0.25, -0.2) is 0 Å². The van der Waals surface area contributed by atoms with Gasteiger partial charge in [0.25, 0.3) is 0 Å². The minimum Gasteiger partial charge on any atom is -0.497 e. The van der Waals surface area contributed by atoms with Crippen molar-refractivity contribution in [1.82, 2.24) is 5.32 Å². The van der Waals surface area contributed by atoms with Crippen LogP contribution in [0, 0.1) is 0 Å². The van der Waals surface area contributed by atoms with E-state index in [9.17, 15) is 0 Å². The summed E-state index contributed by atoms with van der Waals surface area (Å²) in [6.07, 6.45) is 3.86. The molecule has 1 saturated heterocycles. The van der Waals surface area contributed by atoms with Crippen LogP contribution in [0.15, 0.2) is 24.3 Å². The molecule has 1 aromatic carbocycles. The molecule has 0 aliphatic carbocycles. The number of nitrogens with one attached hydrogen (secondary N) is 1. The number of rotatable bonds is 5. The smallest absolute Gasteiger partial charge is 0.119 e. The lowest BCUT2D eigenvalue weighted by molar-refractivity contribution is 0.250. The van der Waals surface area contributed by atoms with Gasteiger partial charge in [0.05, 0.1) is 7.11 Å². The van der Waals surface area contributed by atoms with Crippen LogP contribution in [-0.2, 0) is 5.41 Å². The van der Waals surface area contributed by atoms with Gasteiger partial charge < -0.3 is 10.1 Å². The fourth-order valence-corrected chi connectivity index (χ4v) is 2.42. The first kappa shape index (κ1) is 11.5. The molecule has 0 spiro atoms. The van der Waals surface area contributed by atoms with E-state index < -0.39 is 0 Å². The molecule has 1 aliphatic rings. The maximum Gasteiger partial charge on any atom is 0.119 e. The average molecular weight is 219 g/mol. The van der Waals surface area contributed by atoms with Crippen LogP contribution in [0.1, 0.15) is 31.7 Å². The lowest BCUT2D eigenvalue weighted by Crippen LogP contribution is -2.56. The molecule has 1 aromatic rings. The van der Waals surface area contributed by atoms with Crippen molar-refractivity contribution in [2.75, 3.05) is 20.2 Å². The van der Waals surface area contributed by atoms with Crippen molar-refractivity contribution in [3.05, 3.63) is 29.8 Å². The number of methoxy groups -OCH3 is 1. The molecule has 0 bridgehead atoms. The summed E-state index contributed by atoms with van der Waals surface area (Å²) in [4.78, 5) is 0. The molecule has 1 aliphatic heterocycles. The highest BCUT2D eigenvalue weighted by Crippen LogP contribution is 2.35. The van der Waals surface area contributed by atoms with Gasteiger partial charge in [-0.15, -0.1) is 0 Å². The minimum atomic E-state index is 0.366. The summed E-state index contributed by atoms with van der Waals surface area (Å²) in [5.41, 5.74) is 1.80. The Kier molecular flexibility index (Phi) is 3.49. The van der Waals surface area contributed by atoms with Crippen LogP contribution in [0.2, 0.25) is 0 Å². The zero-order valence-electron chi connectivity index (χ0n) is 10.3. The maximum absolute atomic E-state index is 5.30. The van der Waals surface area contributed by atoms with Crippen LogP contribution in [0.3, 0.4) is 0 Å². The van der Waals surface area contributed by atoms with E-state index in [2.05, 4.69) is 30.4 Å². The Morgan fingerprint density at radius 2 is 2.19 bits per heavy atom. The molecule has 0 unspecified atom stereocenters. The molecule has 2 nitrogen and oxygen atoms in total. The normalized spacial score (nSPS) is 17.9. The number of hydrogen-bond donors (Lipinski definition) is 1. The molecule has 0 amide bonds. The molecule has 0 aromatic heterocycles. The van der Waals surface area contributed by atoms with Crippen molar-refractivity contribution in [2.45, 2.75) is 31.6 Å². The van der Waals surface area contributed by atoms with Crippen LogP contribution in [-0.4, -0.2) is 20.2 Å². The van der Waals surface area contributed by atoms with Crippen molar-refractivity contribution in [3.8, 4) is 5.75 Å². The average Bonchev–Trinajstić information content (AvgIpc) is 2.28. The van der Waals surface area contributed by atoms with Crippen molar-refractivity contribution < 1.29 is 4.74 Å². The number of benzene rings is 1. The van der Waals surface area contributed by atoms with Gasteiger partial charge in [0.15, 0.2) is 0 Å². The van der Waals surface area contributed by atoms with Crippen molar-refractivity contribution >= 4 is 0 Å². The minimum absolute atomic E-state index is 0.366. The molecule has 88 valence electrons. The molecule has 0 saturated carbocycles. The van der Waals surface area contributed by atoms with E-state index in [4.69, 9.17) is 4.74 Å². The van der Waals surface area contributed by atoms with Gasteiger partial charge in [0.2, 0.25) is 0 Å². The summed E-state index contributed by atoms with van der Waals surface area (Å²) in [5.74, 6) is 0.972. The third-order valence-electron chi connectivity index (χ3n) is 3.62. The van der Waals surface area contributed by atoms with Crippen LogP contribution < -0.4 is 10.1 Å². The van der Waals surface area contributed by atoms with E-state index in [-0.39, 0.29) is 0 Å². The maximum atomic E-state index is 5.30. The van der Waals surface area contributed by atoms with E-state index in [0.29, 0.717) is 5.41 Å². The third kappa shape index (κ3) is 2.07. The highest BCUT2D eigenvalue weighted by atomic mass is 16.5. The highest BCUT2D eigenvalue weighted by Gasteiger charge is 2.37. The molecular weight excluding hydrogens is 198 g/mol. The molecule has 0 atom stereocenters. The summed E-state index contributed by atoms with van der Waals surface area (Å²) >= 11 is 0. The summed E-state index contributed by atoms with van der Waals surface area (Å²) in [6, 6.07) is 8.54. The lowest BCUT2D eigenvalue weighted by Gasteiger charge is -2.43. The number of hydrogen-bond acceptors (Lipinski definition) is 2. The fraction of sp³-hybridized carbons (Fsp3) is 0.571. The predicted octanol–water partition coefficient (Wildman–Crippen LogP) is 2.73. The zero-order chi connectivity index (χ0) is 11.4. The first-order chi connectivity index (χ1) is 7.80. The molecule has 2 rings (SSSR count). The van der Waals surface area contributed by atoms with E-state index in [1.54, 1.807) is 7.11 Å². The molecular formula is C14H21NO. The topological polar surface area (TPSA) is 21.3 Å². The van der Waals surface area contributed by atoms with E-state index in [1.807, 2.05) is 6.07 Å². The van der Waals surface area contributed by atoms with Crippen LogP contribution >= 0.6 is 0 Å². The summed E-state index contributed by atoms with van der Waals surface area (Å²) in [6.45, 7) is 4.48. The van der Waals surface area contributed by atoms with Crippen molar-refractivity contribution in [3.63, 3.8) is 0 Å². The molecule has 1 heterocycles. The number of ether oxygens (including phenoxy) is 1. The zero-order valence-corrected chi connectivity index (χ0v) is 10.3. The van der Waals surface area contributed by atoms with E-state index in [1.165, 1.54) is 24.8 Å². The SMILES string of the molecule is CCCCC1(c2cccc(OC)c2)CNC1. The van der Waals surface area contributed by atoms with E-state index >= 15 is 0 Å². The van der Waals surface area contributed by atoms with Gasteiger partial charge in [0, 0.05) is 18.5 Å². The Bertz CT molecular complexity index is 344. The molecule has 16 heavy (non-hydrogen) atoms. The van der Waals surface area contributed by atoms with Crippen LogP contribution in [0.4, 0.5) is 0 Å². The first-order valence-corrected chi connectivity index (χ1v) is 6.16. The van der Waals surface area contributed by atoms with Crippen molar-refractivity contribution in [1.29, 1.82) is 0 Å². The first-order valence-electron chi connectivity index (χ1n) is 6.16. The Morgan fingerprint density at radius 1 is 1.38 bits per heavy atom. The Hall–Kier alpha value is -1.02. The second kappa shape index (κ2) is 4.88. The molecule has 0 radical (unpaired) electrons. The predicted molar refractivity (Wildman–Crippen MR) is 67.1 cm³/mol. The van der Waals surface area contributed by atoms with Gasteiger partial charge >= 0.3 is 0 Å². The Morgan fingerprint density at radius 3 is 2.75 bits per heavy atom. The third-order valence-corrected chi connectivity index (χ3v) is 3.62. The summed E-state index contributed by atoms with van der Waals surface area (Å²) in [5, 5.41) is 3.41. The highest BCUT2D eigenvalue weighted by molar-refractivity contribution is 5.36. The standard InChI is InChI=1S/C14H21NO/c1-3-4-8-14(10-15-11-14)12-6-5-7-13(9-12)16-2/h5-7,9,15H,3-4,8,10-11H2,1-2H3. The van der Waals surface area contributed by atoms with Crippen LogP contribution in [0.5, 0.6) is 5.75 Å². The van der Waals surface area contributed by atoms with E-state index in [0.717, 1.165) is 18.8 Å². The Balaban J connectivity index is 2.18. The molecule has 2 heteroatoms. The molecule has 1 N–H and O–H groups in total. The van der Waals surface area contributed by atoms with Crippen LogP contribution in [0.25, 0.3) is 0 Å². The van der Waals surface area contributed by atoms with Gasteiger partial charge in [0.1, 0.15) is 5.75 Å². The lowest BCUT2D eigenvalue weighted by atomic mass is 9.71. The van der Waals surface area contributed by atoms with Gasteiger partial charge in [-0.3, -0.25) is 0 Å².